The molecule has 0 bridgehead atoms. The fourth-order valence-electron chi connectivity index (χ4n) is 2.16. The third kappa shape index (κ3) is 3.31. The molecule has 0 fully saturated rings. The van der Waals surface area contributed by atoms with Crippen molar-refractivity contribution in [3.63, 3.8) is 0 Å². The molecule has 1 aromatic carbocycles. The van der Waals surface area contributed by atoms with Gasteiger partial charge in [-0.1, -0.05) is 12.1 Å². The van der Waals surface area contributed by atoms with Crippen molar-refractivity contribution in [3.05, 3.63) is 45.1 Å². The summed E-state index contributed by atoms with van der Waals surface area (Å²) in [5.74, 6) is 0.208. The van der Waals surface area contributed by atoms with E-state index in [9.17, 15) is 9.59 Å². The maximum Gasteiger partial charge on any atom is 0.265 e. The van der Waals surface area contributed by atoms with Gasteiger partial charge in [0, 0.05) is 14.7 Å². The maximum atomic E-state index is 12.1. The first-order valence-electron chi connectivity index (χ1n) is 6.65. The van der Waals surface area contributed by atoms with Crippen LogP contribution in [0.5, 0.6) is 5.75 Å². The van der Waals surface area contributed by atoms with Gasteiger partial charge in [0.15, 0.2) is 6.61 Å². The molecule has 0 unspecified atom stereocenters. The van der Waals surface area contributed by atoms with Crippen LogP contribution in [0.15, 0.2) is 40.2 Å². The van der Waals surface area contributed by atoms with Crippen LogP contribution in [0.25, 0.3) is 0 Å². The standard InChI is InChI=1S/C15H13BrN2O3S/c16-10-5-11(22-9-10)6-17-14(19)7-18-12-3-1-2-4-13(12)21-8-15(18)20/h1-5,9H,6-8H2,(H,17,19). The first-order chi connectivity index (χ1) is 10.6. The Morgan fingerprint density at radius 3 is 3.00 bits per heavy atom. The molecular formula is C15H13BrN2O3S. The van der Waals surface area contributed by atoms with Gasteiger partial charge in [-0.15, -0.1) is 11.3 Å². The number of benzene rings is 1. The number of fused-ring (bicyclic) bond motifs is 1. The predicted molar refractivity (Wildman–Crippen MR) is 88.2 cm³/mol. The van der Waals surface area contributed by atoms with Crippen LogP contribution in [-0.4, -0.2) is 25.0 Å². The molecule has 1 N–H and O–H groups in total. The first kappa shape index (κ1) is 15.1. The highest BCUT2D eigenvalue weighted by atomic mass is 79.9. The van der Waals surface area contributed by atoms with Crippen molar-refractivity contribution in [2.45, 2.75) is 6.54 Å². The largest absolute Gasteiger partial charge is 0.482 e. The van der Waals surface area contributed by atoms with E-state index in [1.54, 1.807) is 23.5 Å². The summed E-state index contributed by atoms with van der Waals surface area (Å²) in [4.78, 5) is 26.6. The number of nitrogens with zero attached hydrogens (tertiary/aromatic N) is 1. The average molecular weight is 381 g/mol. The molecule has 22 heavy (non-hydrogen) atoms. The van der Waals surface area contributed by atoms with Gasteiger partial charge < -0.3 is 10.1 Å². The number of hydrogen-bond acceptors (Lipinski definition) is 4. The van der Waals surface area contributed by atoms with Crippen molar-refractivity contribution < 1.29 is 14.3 Å². The molecule has 5 nitrogen and oxygen atoms in total. The van der Waals surface area contributed by atoms with Gasteiger partial charge in [0.05, 0.1) is 12.2 Å². The molecular weight excluding hydrogens is 368 g/mol. The summed E-state index contributed by atoms with van der Waals surface area (Å²) in [6.45, 7) is 0.406. The average Bonchev–Trinajstić information content (AvgIpc) is 2.94. The molecule has 1 aliphatic rings. The Morgan fingerprint density at radius 2 is 2.23 bits per heavy atom. The third-order valence-electron chi connectivity index (χ3n) is 3.19. The summed E-state index contributed by atoms with van der Waals surface area (Å²) in [6.07, 6.45) is 0. The molecule has 1 aliphatic heterocycles. The monoisotopic (exact) mass is 380 g/mol. The zero-order chi connectivity index (χ0) is 15.5. The predicted octanol–water partition coefficient (Wildman–Crippen LogP) is 2.55. The molecule has 1 aromatic heterocycles. The number of hydrogen-bond donors (Lipinski definition) is 1. The lowest BCUT2D eigenvalue weighted by molar-refractivity contribution is -0.125. The Labute approximate surface area is 140 Å². The van der Waals surface area contributed by atoms with Gasteiger partial charge in [0.2, 0.25) is 5.91 Å². The van der Waals surface area contributed by atoms with Crippen molar-refractivity contribution in [1.29, 1.82) is 0 Å². The Morgan fingerprint density at radius 1 is 1.41 bits per heavy atom. The molecule has 114 valence electrons. The number of amides is 2. The van der Waals surface area contributed by atoms with Crippen molar-refractivity contribution >= 4 is 44.8 Å². The van der Waals surface area contributed by atoms with E-state index in [4.69, 9.17) is 4.74 Å². The van der Waals surface area contributed by atoms with E-state index in [2.05, 4.69) is 21.2 Å². The zero-order valence-electron chi connectivity index (χ0n) is 11.5. The van der Waals surface area contributed by atoms with Gasteiger partial charge in [-0.25, -0.2) is 0 Å². The van der Waals surface area contributed by atoms with Gasteiger partial charge >= 0.3 is 0 Å². The van der Waals surface area contributed by atoms with Crippen LogP contribution in [0.2, 0.25) is 0 Å². The lowest BCUT2D eigenvalue weighted by Crippen LogP contribution is -2.44. The van der Waals surface area contributed by atoms with Gasteiger partial charge in [0.1, 0.15) is 12.3 Å². The molecule has 0 spiro atoms. The van der Waals surface area contributed by atoms with Crippen molar-refractivity contribution in [2.75, 3.05) is 18.1 Å². The third-order valence-corrected chi connectivity index (χ3v) is 4.89. The molecule has 2 aromatic rings. The fourth-order valence-corrected chi connectivity index (χ4v) is 3.55. The van der Waals surface area contributed by atoms with Crippen LogP contribution in [0.1, 0.15) is 4.88 Å². The maximum absolute atomic E-state index is 12.1. The highest BCUT2D eigenvalue weighted by Crippen LogP contribution is 2.31. The number of carbonyl (C=O) groups excluding carboxylic acids is 2. The molecule has 0 atom stereocenters. The Bertz CT molecular complexity index is 716. The van der Waals surface area contributed by atoms with Gasteiger partial charge in [0.25, 0.3) is 5.91 Å². The van der Waals surface area contributed by atoms with Crippen molar-refractivity contribution in [3.8, 4) is 5.75 Å². The van der Waals surface area contributed by atoms with Crippen molar-refractivity contribution in [2.24, 2.45) is 0 Å². The van der Waals surface area contributed by atoms with Crippen molar-refractivity contribution in [1.82, 2.24) is 5.32 Å². The molecule has 7 heteroatoms. The van der Waals surface area contributed by atoms with E-state index in [0.29, 0.717) is 18.0 Å². The van der Waals surface area contributed by atoms with Gasteiger partial charge in [-0.3, -0.25) is 14.5 Å². The van der Waals surface area contributed by atoms with E-state index in [1.165, 1.54) is 4.90 Å². The number of para-hydroxylation sites is 2. The van der Waals surface area contributed by atoms with Crippen LogP contribution < -0.4 is 15.0 Å². The van der Waals surface area contributed by atoms with E-state index in [0.717, 1.165) is 9.35 Å². The topological polar surface area (TPSA) is 58.6 Å². The summed E-state index contributed by atoms with van der Waals surface area (Å²) in [5, 5.41) is 4.79. The minimum atomic E-state index is -0.215. The minimum absolute atomic E-state index is 0.00818. The summed E-state index contributed by atoms with van der Waals surface area (Å²) in [5.41, 5.74) is 0.632. The second-order valence-electron chi connectivity index (χ2n) is 4.74. The zero-order valence-corrected chi connectivity index (χ0v) is 13.9. The second-order valence-corrected chi connectivity index (χ2v) is 6.66. The second kappa shape index (κ2) is 6.50. The number of carbonyl (C=O) groups is 2. The first-order valence-corrected chi connectivity index (χ1v) is 8.32. The Balaban J connectivity index is 1.64. The van der Waals surface area contributed by atoms with Gasteiger partial charge in [-0.2, -0.15) is 0 Å². The lowest BCUT2D eigenvalue weighted by Gasteiger charge is -2.28. The molecule has 0 radical (unpaired) electrons. The molecule has 2 heterocycles. The minimum Gasteiger partial charge on any atom is -0.482 e. The van der Waals surface area contributed by atoms with Crippen LogP contribution in [0.3, 0.4) is 0 Å². The lowest BCUT2D eigenvalue weighted by atomic mass is 10.2. The fraction of sp³-hybridized carbons (Fsp3) is 0.200. The number of anilines is 1. The van der Waals surface area contributed by atoms with E-state index in [1.807, 2.05) is 23.6 Å². The quantitative estimate of drug-likeness (QED) is 0.886. The Hall–Kier alpha value is -1.86. The van der Waals surface area contributed by atoms with Gasteiger partial charge in [-0.05, 0) is 34.1 Å². The van der Waals surface area contributed by atoms with E-state index >= 15 is 0 Å². The van der Waals surface area contributed by atoms with Crippen LogP contribution in [-0.2, 0) is 16.1 Å². The molecule has 0 saturated carbocycles. The summed E-state index contributed by atoms with van der Waals surface area (Å²) >= 11 is 4.94. The molecule has 0 aliphatic carbocycles. The summed E-state index contributed by atoms with van der Waals surface area (Å²) in [7, 11) is 0. The van der Waals surface area contributed by atoms with Crippen LogP contribution in [0, 0.1) is 0 Å². The highest BCUT2D eigenvalue weighted by molar-refractivity contribution is 9.10. The summed E-state index contributed by atoms with van der Waals surface area (Å²) < 4.78 is 6.35. The van der Waals surface area contributed by atoms with Crippen LogP contribution >= 0.6 is 27.3 Å². The number of ether oxygens (including phenoxy) is 1. The molecule has 3 rings (SSSR count). The number of halogens is 1. The normalized spacial score (nSPS) is 13.5. The SMILES string of the molecule is O=C(CN1C(=O)COc2ccccc21)NCc1cc(Br)cs1. The molecule has 2 amide bonds. The number of rotatable bonds is 4. The summed E-state index contributed by atoms with van der Waals surface area (Å²) in [6, 6.07) is 9.17. The van der Waals surface area contributed by atoms with E-state index < -0.39 is 0 Å². The smallest absolute Gasteiger partial charge is 0.265 e. The molecule has 0 saturated heterocycles. The number of thiophene rings is 1. The Kier molecular flexibility index (Phi) is 4.44. The number of nitrogens with one attached hydrogen (secondary N) is 1. The van der Waals surface area contributed by atoms with Crippen LogP contribution in [0.4, 0.5) is 5.69 Å². The highest BCUT2D eigenvalue weighted by Gasteiger charge is 2.26. The van der Waals surface area contributed by atoms with E-state index in [-0.39, 0.29) is 25.0 Å².